The number of benzene rings is 3. The molecule has 3 aliphatic heterocycles. The van der Waals surface area contributed by atoms with Gasteiger partial charge in [-0.3, -0.25) is 24.7 Å². The fourth-order valence-corrected chi connectivity index (χ4v) is 9.77. The zero-order valence-electron chi connectivity index (χ0n) is 34.5. The van der Waals surface area contributed by atoms with Gasteiger partial charge in [0, 0.05) is 67.7 Å². The minimum absolute atomic E-state index is 0.155. The van der Waals surface area contributed by atoms with E-state index in [1.165, 1.54) is 29.8 Å². The van der Waals surface area contributed by atoms with E-state index in [2.05, 4.69) is 42.9 Å². The van der Waals surface area contributed by atoms with Crippen LogP contribution in [0.3, 0.4) is 0 Å². The normalized spacial score (nSPS) is 16.0. The molecule has 5 heterocycles. The zero-order chi connectivity index (χ0) is 41.8. The van der Waals surface area contributed by atoms with Gasteiger partial charge in [0.25, 0.3) is 5.91 Å². The molecule has 2 aromatic heterocycles. The van der Waals surface area contributed by atoms with Gasteiger partial charge in [0.1, 0.15) is 11.4 Å². The van der Waals surface area contributed by atoms with Crippen LogP contribution >= 0.6 is 22.7 Å². The van der Waals surface area contributed by atoms with Crippen LogP contribution in [0.2, 0.25) is 0 Å². The van der Waals surface area contributed by atoms with Crippen molar-refractivity contribution in [3.63, 3.8) is 0 Å². The Balaban J connectivity index is 0.790. The Morgan fingerprint density at radius 2 is 1.75 bits per heavy atom. The number of rotatable bonds is 13. The van der Waals surface area contributed by atoms with Crippen LogP contribution in [0.4, 0.5) is 10.3 Å². The molecule has 1 N–H and O–H groups in total. The second-order valence-corrected chi connectivity index (χ2v) is 18.6. The number of aromatic nitrogens is 2. The van der Waals surface area contributed by atoms with Crippen molar-refractivity contribution in [3.05, 3.63) is 99.6 Å². The number of ether oxygens (including phenoxy) is 3. The van der Waals surface area contributed by atoms with E-state index in [4.69, 9.17) is 19.2 Å². The summed E-state index contributed by atoms with van der Waals surface area (Å²) in [6.45, 7) is 11.7. The number of carbonyl (C=O) groups excluding carboxylic acids is 3. The number of likely N-dealkylation sites (tertiary alicyclic amines) is 2. The molecule has 8 rings (SSSR count). The van der Waals surface area contributed by atoms with Crippen LogP contribution in [0.1, 0.15) is 76.0 Å². The maximum absolute atomic E-state index is 13.6. The summed E-state index contributed by atoms with van der Waals surface area (Å²) in [5.41, 5.74) is 4.37. The van der Waals surface area contributed by atoms with E-state index in [1.54, 1.807) is 0 Å². The maximum atomic E-state index is 13.6. The molecule has 2 fully saturated rings. The lowest BCUT2D eigenvalue weighted by Crippen LogP contribution is -2.65. The van der Waals surface area contributed by atoms with Gasteiger partial charge >= 0.3 is 11.9 Å². The van der Waals surface area contributed by atoms with Crippen LogP contribution in [0.5, 0.6) is 5.75 Å². The molecule has 14 heteroatoms. The number of thiazole rings is 2. The first-order valence-electron chi connectivity index (χ1n) is 20.5. The molecule has 0 bridgehead atoms. The Hall–Kier alpha value is -5.33. The van der Waals surface area contributed by atoms with Gasteiger partial charge in [-0.25, -0.2) is 14.8 Å². The summed E-state index contributed by atoms with van der Waals surface area (Å²) in [4.78, 5) is 55.5. The van der Waals surface area contributed by atoms with Gasteiger partial charge in [0.15, 0.2) is 16.0 Å². The average molecular weight is 847 g/mol. The van der Waals surface area contributed by atoms with Crippen molar-refractivity contribution in [1.82, 2.24) is 19.8 Å². The molecule has 312 valence electrons. The monoisotopic (exact) mass is 846 g/mol. The lowest BCUT2D eigenvalue weighted by atomic mass is 9.92. The molecule has 60 heavy (non-hydrogen) atoms. The van der Waals surface area contributed by atoms with Crippen LogP contribution < -0.4 is 15.0 Å². The third-order valence-corrected chi connectivity index (χ3v) is 13.0. The highest BCUT2D eigenvalue weighted by Gasteiger charge is 2.39. The van der Waals surface area contributed by atoms with Crippen LogP contribution in [-0.4, -0.2) is 102 Å². The highest BCUT2D eigenvalue weighted by molar-refractivity contribution is 7.22. The maximum Gasteiger partial charge on any atom is 0.357 e. The lowest BCUT2D eigenvalue weighted by Gasteiger charge is -2.51. The second-order valence-electron chi connectivity index (χ2n) is 16.6. The molecule has 3 aromatic carbocycles. The Labute approximate surface area is 358 Å². The summed E-state index contributed by atoms with van der Waals surface area (Å²) >= 11 is 2.94. The second kappa shape index (κ2) is 18.1. The molecule has 0 radical (unpaired) electrons. The first kappa shape index (κ1) is 41.4. The van der Waals surface area contributed by atoms with Gasteiger partial charge in [0.2, 0.25) is 0 Å². The number of amides is 1. The average Bonchev–Trinajstić information content (AvgIpc) is 3.82. The van der Waals surface area contributed by atoms with Crippen LogP contribution in [0.25, 0.3) is 10.2 Å². The molecular weight excluding hydrogens is 797 g/mol. The number of para-hydroxylation sites is 1. The highest BCUT2D eigenvalue weighted by Crippen LogP contribution is 2.34. The van der Waals surface area contributed by atoms with Gasteiger partial charge in [-0.05, 0) is 99.5 Å². The quantitative estimate of drug-likeness (QED) is 0.0744. The number of methoxy groups -OCH3 is 1. The number of esters is 2. The highest BCUT2D eigenvalue weighted by atomic mass is 32.1. The van der Waals surface area contributed by atoms with E-state index < -0.39 is 11.6 Å². The van der Waals surface area contributed by atoms with Crippen molar-refractivity contribution in [3.8, 4) is 17.6 Å². The molecule has 1 amide bonds. The summed E-state index contributed by atoms with van der Waals surface area (Å²) in [5.74, 6) is 7.19. The molecule has 0 aliphatic carbocycles. The number of nitrogens with zero attached hydrogens (tertiary/aromatic N) is 5. The standard InChI is InChI=1S/C46H50N6O6S2/c1-46(2,3)58-40(53)29-50-26-33(27-50)52-24-31(25-52)11-7-10-30-17-19-34(20-18-30)57-23-9-16-39-41(43(55)56-4)48-45(60-39)51-22-21-32-12-8-13-35(36(32)28-51)42(54)49-44-47-37-14-5-6-15-38(37)59-44/h5-6,8,12-15,17-20,31,33H,9,11,16,21-29H2,1-4H3,(H,47,49,54). The van der Waals surface area contributed by atoms with Crippen LogP contribution in [0.15, 0.2) is 66.7 Å². The van der Waals surface area contributed by atoms with Crippen molar-refractivity contribution in [2.45, 2.75) is 64.6 Å². The molecule has 0 spiro atoms. The Morgan fingerprint density at radius 3 is 2.52 bits per heavy atom. The topological polar surface area (TPSA) is 126 Å². The lowest BCUT2D eigenvalue weighted by molar-refractivity contribution is -0.158. The van der Waals surface area contributed by atoms with Crippen molar-refractivity contribution >= 4 is 61.0 Å². The Kier molecular flexibility index (Phi) is 12.5. The van der Waals surface area contributed by atoms with Crippen LogP contribution in [-0.2, 0) is 33.7 Å². The van der Waals surface area contributed by atoms with E-state index >= 15 is 0 Å². The van der Waals surface area contributed by atoms with Gasteiger partial charge in [-0.2, -0.15) is 0 Å². The molecule has 3 aliphatic rings. The van der Waals surface area contributed by atoms with E-state index in [9.17, 15) is 14.4 Å². The third-order valence-electron chi connectivity index (χ3n) is 10.9. The number of hydrogen-bond acceptors (Lipinski definition) is 13. The minimum atomic E-state index is -0.463. The van der Waals surface area contributed by atoms with Crippen LogP contribution in [0, 0.1) is 17.8 Å². The predicted molar refractivity (Wildman–Crippen MR) is 235 cm³/mol. The summed E-state index contributed by atoms with van der Waals surface area (Å²) in [5, 5.41) is 4.30. The number of fused-ring (bicyclic) bond motifs is 2. The van der Waals surface area contributed by atoms with E-state index in [0.29, 0.717) is 67.4 Å². The van der Waals surface area contributed by atoms with Crippen molar-refractivity contribution in [2.75, 3.05) is 63.2 Å². The molecule has 0 atom stereocenters. The molecule has 2 saturated heterocycles. The number of aryl methyl sites for hydroxylation is 1. The SMILES string of the molecule is COC(=O)c1nc(N2CCc3cccc(C(=O)Nc4nc5ccccc5s4)c3C2)sc1CCCOc1ccc(C#CCC2CN(C3CN(CC(=O)OC(C)(C)C)C3)C2)cc1. The summed E-state index contributed by atoms with van der Waals surface area (Å²) in [6.07, 6.45) is 2.91. The Morgan fingerprint density at radius 1 is 0.950 bits per heavy atom. The number of anilines is 2. The third kappa shape index (κ3) is 9.99. The smallest absolute Gasteiger partial charge is 0.357 e. The van der Waals surface area contributed by atoms with E-state index in [1.807, 2.05) is 81.4 Å². The minimum Gasteiger partial charge on any atom is -0.494 e. The van der Waals surface area contributed by atoms with Crippen molar-refractivity contribution in [1.29, 1.82) is 0 Å². The van der Waals surface area contributed by atoms with Crippen molar-refractivity contribution < 1.29 is 28.6 Å². The number of nitrogens with one attached hydrogen (secondary N) is 1. The first-order valence-corrected chi connectivity index (χ1v) is 22.1. The summed E-state index contributed by atoms with van der Waals surface area (Å²) < 4.78 is 17.6. The fourth-order valence-electron chi connectivity index (χ4n) is 7.80. The Bertz CT molecular complexity index is 2380. The van der Waals surface area contributed by atoms with E-state index in [0.717, 1.165) is 81.7 Å². The molecule has 0 unspecified atom stereocenters. The molecule has 5 aromatic rings. The molecular formula is C46H50N6O6S2. The van der Waals surface area contributed by atoms with Gasteiger partial charge in [0.05, 0.1) is 30.5 Å². The first-order chi connectivity index (χ1) is 29.0. The van der Waals surface area contributed by atoms with Gasteiger partial charge < -0.3 is 19.1 Å². The predicted octanol–water partition coefficient (Wildman–Crippen LogP) is 7.07. The summed E-state index contributed by atoms with van der Waals surface area (Å²) in [6, 6.07) is 22.1. The number of hydrogen-bond donors (Lipinski definition) is 1. The summed E-state index contributed by atoms with van der Waals surface area (Å²) in [7, 11) is 1.37. The van der Waals surface area contributed by atoms with Gasteiger partial charge in [-0.1, -0.05) is 47.4 Å². The van der Waals surface area contributed by atoms with Gasteiger partial charge in [-0.15, -0.1) is 11.3 Å². The molecule has 12 nitrogen and oxygen atoms in total. The fraction of sp³-hybridized carbons (Fsp3) is 0.413. The van der Waals surface area contributed by atoms with Crippen molar-refractivity contribution in [2.24, 2.45) is 5.92 Å². The largest absolute Gasteiger partial charge is 0.494 e. The number of carbonyl (C=O) groups is 3. The molecule has 0 saturated carbocycles. The van der Waals surface area contributed by atoms with E-state index in [-0.39, 0.29) is 11.9 Å². The zero-order valence-corrected chi connectivity index (χ0v) is 36.1.